The molecule has 0 radical (unpaired) electrons. The Morgan fingerprint density at radius 3 is 3.14 bits per heavy atom. The van der Waals surface area contributed by atoms with Crippen LogP contribution in [-0.2, 0) is 6.42 Å². The second-order valence-corrected chi connectivity index (χ2v) is 4.06. The predicted octanol–water partition coefficient (Wildman–Crippen LogP) is 2.03. The van der Waals surface area contributed by atoms with Gasteiger partial charge in [0, 0.05) is 29.8 Å². The molecule has 74 valence electrons. The van der Waals surface area contributed by atoms with Crippen LogP contribution >= 0.6 is 11.3 Å². The van der Waals surface area contributed by atoms with E-state index in [0.29, 0.717) is 0 Å². The van der Waals surface area contributed by atoms with E-state index in [9.17, 15) is 0 Å². The molecule has 0 saturated carbocycles. The van der Waals surface area contributed by atoms with Gasteiger partial charge in [0.2, 0.25) is 0 Å². The molecule has 0 aliphatic carbocycles. The summed E-state index contributed by atoms with van der Waals surface area (Å²) in [7, 11) is 0. The van der Waals surface area contributed by atoms with Gasteiger partial charge >= 0.3 is 0 Å². The minimum Gasteiger partial charge on any atom is -0.367 e. The summed E-state index contributed by atoms with van der Waals surface area (Å²) in [5, 5.41) is 3.27. The van der Waals surface area contributed by atoms with Crippen LogP contribution < -0.4 is 5.73 Å². The van der Waals surface area contributed by atoms with Crippen LogP contribution in [-0.4, -0.2) is 16.5 Å². The Kier molecular flexibility index (Phi) is 2.96. The molecule has 0 spiro atoms. The van der Waals surface area contributed by atoms with Crippen molar-refractivity contribution in [3.63, 3.8) is 0 Å². The average Bonchev–Trinajstić information content (AvgIpc) is 2.85. The zero-order valence-corrected chi connectivity index (χ0v) is 8.68. The molecule has 2 heterocycles. The Labute approximate surface area is 87.0 Å². The summed E-state index contributed by atoms with van der Waals surface area (Å²) in [6, 6.07) is 2.03. The van der Waals surface area contributed by atoms with Crippen molar-refractivity contribution in [3.05, 3.63) is 28.8 Å². The predicted molar refractivity (Wildman–Crippen MR) is 59.3 cm³/mol. The third-order valence-electron chi connectivity index (χ3n) is 2.04. The molecule has 3 N–H and O–H groups in total. The maximum Gasteiger partial charge on any atom is 0.0933 e. The fourth-order valence-electron chi connectivity index (χ4n) is 1.29. The highest BCUT2D eigenvalue weighted by molar-refractivity contribution is 7.09. The maximum absolute atomic E-state index is 5.45. The third-order valence-corrected chi connectivity index (χ3v) is 2.95. The van der Waals surface area contributed by atoms with E-state index in [4.69, 9.17) is 5.73 Å². The minimum atomic E-state index is 0.735. The summed E-state index contributed by atoms with van der Waals surface area (Å²) >= 11 is 1.71. The van der Waals surface area contributed by atoms with E-state index in [0.717, 1.165) is 30.6 Å². The van der Waals surface area contributed by atoms with E-state index in [2.05, 4.69) is 15.3 Å². The van der Waals surface area contributed by atoms with Gasteiger partial charge in [-0.2, -0.15) is 0 Å². The van der Waals surface area contributed by atoms with Crippen molar-refractivity contribution in [2.75, 3.05) is 6.54 Å². The van der Waals surface area contributed by atoms with Crippen LogP contribution in [0.2, 0.25) is 0 Å². The SMILES string of the molecule is NCCCc1nc(-c2cc[nH]c2)cs1. The number of nitrogens with two attached hydrogens (primary N) is 1. The molecular formula is C10H13N3S. The van der Waals surface area contributed by atoms with Crippen molar-refractivity contribution < 1.29 is 0 Å². The first-order chi connectivity index (χ1) is 6.90. The van der Waals surface area contributed by atoms with E-state index in [-0.39, 0.29) is 0 Å². The Hall–Kier alpha value is -1.13. The number of H-pyrrole nitrogens is 1. The Morgan fingerprint density at radius 1 is 1.50 bits per heavy atom. The van der Waals surface area contributed by atoms with E-state index < -0.39 is 0 Å². The van der Waals surface area contributed by atoms with Gasteiger partial charge in [0.25, 0.3) is 0 Å². The number of hydrogen-bond acceptors (Lipinski definition) is 3. The quantitative estimate of drug-likeness (QED) is 0.806. The van der Waals surface area contributed by atoms with Gasteiger partial charge in [0.15, 0.2) is 0 Å². The fourth-order valence-corrected chi connectivity index (χ4v) is 2.14. The molecule has 3 nitrogen and oxygen atoms in total. The molecule has 0 unspecified atom stereocenters. The smallest absolute Gasteiger partial charge is 0.0933 e. The lowest BCUT2D eigenvalue weighted by atomic mass is 10.3. The van der Waals surface area contributed by atoms with Crippen molar-refractivity contribution in [1.29, 1.82) is 0 Å². The number of aromatic nitrogens is 2. The molecule has 0 aliphatic heterocycles. The van der Waals surface area contributed by atoms with Crippen LogP contribution in [0.4, 0.5) is 0 Å². The molecule has 2 aromatic rings. The lowest BCUT2D eigenvalue weighted by Gasteiger charge is -1.91. The highest BCUT2D eigenvalue weighted by Crippen LogP contribution is 2.21. The Bertz CT molecular complexity index is 378. The molecule has 14 heavy (non-hydrogen) atoms. The van der Waals surface area contributed by atoms with Crippen molar-refractivity contribution >= 4 is 11.3 Å². The zero-order valence-electron chi connectivity index (χ0n) is 7.86. The van der Waals surface area contributed by atoms with Gasteiger partial charge in [-0.15, -0.1) is 11.3 Å². The lowest BCUT2D eigenvalue weighted by Crippen LogP contribution is -1.99. The van der Waals surface area contributed by atoms with Crippen LogP contribution in [0.25, 0.3) is 11.3 Å². The summed E-state index contributed by atoms with van der Waals surface area (Å²) in [5.41, 5.74) is 7.66. The van der Waals surface area contributed by atoms with E-state index in [1.165, 1.54) is 5.01 Å². The molecule has 2 rings (SSSR count). The normalized spacial score (nSPS) is 10.6. The number of aryl methyl sites for hydroxylation is 1. The van der Waals surface area contributed by atoms with Crippen LogP contribution in [0, 0.1) is 0 Å². The second-order valence-electron chi connectivity index (χ2n) is 3.12. The summed E-state index contributed by atoms with van der Waals surface area (Å²) < 4.78 is 0. The Balaban J connectivity index is 2.10. The van der Waals surface area contributed by atoms with E-state index in [1.54, 1.807) is 11.3 Å². The van der Waals surface area contributed by atoms with Gasteiger partial charge in [0.05, 0.1) is 10.7 Å². The summed E-state index contributed by atoms with van der Waals surface area (Å²) in [4.78, 5) is 7.56. The number of nitrogens with zero attached hydrogens (tertiary/aromatic N) is 1. The zero-order chi connectivity index (χ0) is 9.80. The van der Waals surface area contributed by atoms with Crippen LogP contribution in [0.5, 0.6) is 0 Å². The molecule has 2 aromatic heterocycles. The molecule has 0 saturated heterocycles. The van der Waals surface area contributed by atoms with Gasteiger partial charge in [0.1, 0.15) is 0 Å². The minimum absolute atomic E-state index is 0.735. The standard InChI is InChI=1S/C10H13N3S/c11-4-1-2-10-13-9(7-14-10)8-3-5-12-6-8/h3,5-7,12H,1-2,4,11H2. The first-order valence-corrected chi connectivity index (χ1v) is 5.56. The summed E-state index contributed by atoms with van der Waals surface area (Å²) in [6.45, 7) is 0.735. The molecule has 0 amide bonds. The number of aromatic amines is 1. The van der Waals surface area contributed by atoms with Crippen LogP contribution in [0.1, 0.15) is 11.4 Å². The van der Waals surface area contributed by atoms with Gasteiger partial charge in [-0.05, 0) is 19.0 Å². The van der Waals surface area contributed by atoms with Gasteiger partial charge in [-0.25, -0.2) is 4.98 Å². The molecule has 0 atom stereocenters. The van der Waals surface area contributed by atoms with Crippen LogP contribution in [0.15, 0.2) is 23.8 Å². The second kappa shape index (κ2) is 4.39. The van der Waals surface area contributed by atoms with Gasteiger partial charge in [-0.1, -0.05) is 0 Å². The topological polar surface area (TPSA) is 54.7 Å². The number of hydrogen-bond donors (Lipinski definition) is 2. The van der Waals surface area contributed by atoms with E-state index >= 15 is 0 Å². The Morgan fingerprint density at radius 2 is 2.43 bits per heavy atom. The summed E-state index contributed by atoms with van der Waals surface area (Å²) in [6.07, 6.45) is 5.88. The lowest BCUT2D eigenvalue weighted by molar-refractivity contribution is 0.827. The first kappa shape index (κ1) is 9.43. The largest absolute Gasteiger partial charge is 0.367 e. The maximum atomic E-state index is 5.45. The monoisotopic (exact) mass is 207 g/mol. The number of rotatable bonds is 4. The molecule has 0 bridgehead atoms. The van der Waals surface area contributed by atoms with Crippen molar-refractivity contribution in [2.24, 2.45) is 5.73 Å². The molecule has 0 aromatic carbocycles. The van der Waals surface area contributed by atoms with Crippen molar-refractivity contribution in [3.8, 4) is 11.3 Å². The highest BCUT2D eigenvalue weighted by atomic mass is 32.1. The third kappa shape index (κ3) is 2.02. The van der Waals surface area contributed by atoms with Gasteiger partial charge < -0.3 is 10.7 Å². The highest BCUT2D eigenvalue weighted by Gasteiger charge is 2.03. The number of thiazole rings is 1. The van der Waals surface area contributed by atoms with Crippen molar-refractivity contribution in [1.82, 2.24) is 9.97 Å². The number of nitrogens with one attached hydrogen (secondary N) is 1. The summed E-state index contributed by atoms with van der Waals surface area (Å²) in [5.74, 6) is 0. The van der Waals surface area contributed by atoms with Crippen molar-refractivity contribution in [2.45, 2.75) is 12.8 Å². The van der Waals surface area contributed by atoms with Gasteiger partial charge in [-0.3, -0.25) is 0 Å². The first-order valence-electron chi connectivity index (χ1n) is 4.68. The van der Waals surface area contributed by atoms with E-state index in [1.807, 2.05) is 18.5 Å². The molecule has 0 fully saturated rings. The average molecular weight is 207 g/mol. The fraction of sp³-hybridized carbons (Fsp3) is 0.300. The molecule has 4 heteroatoms. The molecule has 0 aliphatic rings. The van der Waals surface area contributed by atoms with Crippen LogP contribution in [0.3, 0.4) is 0 Å². The molecular weight excluding hydrogens is 194 g/mol.